The Morgan fingerprint density at radius 3 is 1.98 bits per heavy atom. The largest absolute Gasteiger partial charge is 0.456 e. The lowest BCUT2D eigenvalue weighted by molar-refractivity contribution is 0.667. The lowest BCUT2D eigenvalue weighted by atomic mass is 10.0. The van der Waals surface area contributed by atoms with Crippen molar-refractivity contribution in [2.24, 2.45) is 9.98 Å². The SMILES string of the molecule is c1ccc(-c2ccc(C3=NC(c4cccc5oc6ccccc6c45)N=C(c4cccc5oc6c7ccccc7ccc6c45)N3)cc2)cc1. The molecule has 0 saturated heterocycles. The van der Waals surface area contributed by atoms with Gasteiger partial charge in [-0.05, 0) is 40.8 Å². The molecule has 1 aliphatic heterocycles. The number of nitrogens with one attached hydrogen (secondary N) is 1. The summed E-state index contributed by atoms with van der Waals surface area (Å²) in [7, 11) is 0. The second-order valence-corrected chi connectivity index (χ2v) is 12.2. The van der Waals surface area contributed by atoms with Gasteiger partial charge in [-0.2, -0.15) is 0 Å². The molecule has 7 aromatic carbocycles. The van der Waals surface area contributed by atoms with Gasteiger partial charge in [0.25, 0.3) is 0 Å². The molecular weight excluding hydrogens is 590 g/mol. The molecule has 0 aliphatic carbocycles. The van der Waals surface area contributed by atoms with Crippen LogP contribution in [0.25, 0.3) is 65.8 Å². The highest BCUT2D eigenvalue weighted by Crippen LogP contribution is 2.39. The fourth-order valence-electron chi connectivity index (χ4n) is 7.09. The van der Waals surface area contributed by atoms with Crippen LogP contribution in [0.2, 0.25) is 0 Å². The molecule has 2 aromatic heterocycles. The minimum atomic E-state index is -0.510. The standard InChI is InChI=1S/C43H27N3O2/c1-2-10-26(11-3-1)27-20-22-29(23-21-27)41-44-42(33-15-8-18-36-38(33)31-14-6-7-17-35(31)47-36)46-43(45-41)34-16-9-19-37-39(34)32-25-24-28-12-4-5-13-30(28)40(32)48-37/h1-25,42H,(H,44,45,46). The average molecular weight is 618 g/mol. The summed E-state index contributed by atoms with van der Waals surface area (Å²) in [6.07, 6.45) is -0.510. The van der Waals surface area contributed by atoms with E-state index in [1.165, 1.54) is 5.56 Å². The molecule has 0 amide bonds. The first-order valence-corrected chi connectivity index (χ1v) is 16.1. The number of hydrogen-bond acceptors (Lipinski definition) is 5. The maximum atomic E-state index is 6.55. The molecule has 1 atom stereocenters. The zero-order valence-electron chi connectivity index (χ0n) is 25.7. The number of nitrogens with zero attached hydrogens (tertiary/aromatic N) is 2. The molecule has 5 nitrogen and oxygen atoms in total. The van der Waals surface area contributed by atoms with Crippen molar-refractivity contribution in [1.29, 1.82) is 0 Å². The number of para-hydroxylation sites is 1. The molecule has 1 unspecified atom stereocenters. The maximum absolute atomic E-state index is 6.55. The van der Waals surface area contributed by atoms with E-state index in [0.29, 0.717) is 0 Å². The first kappa shape index (κ1) is 26.7. The van der Waals surface area contributed by atoms with Crippen LogP contribution in [0.15, 0.2) is 170 Å². The van der Waals surface area contributed by atoms with Crippen LogP contribution < -0.4 is 5.32 Å². The predicted octanol–water partition coefficient (Wildman–Crippen LogP) is 10.8. The monoisotopic (exact) mass is 617 g/mol. The topological polar surface area (TPSA) is 63.0 Å². The maximum Gasteiger partial charge on any atom is 0.170 e. The van der Waals surface area contributed by atoms with Crippen molar-refractivity contribution in [3.05, 3.63) is 168 Å². The summed E-state index contributed by atoms with van der Waals surface area (Å²) in [6, 6.07) is 52.1. The average Bonchev–Trinajstić information content (AvgIpc) is 3.74. The summed E-state index contributed by atoms with van der Waals surface area (Å²) in [4.78, 5) is 10.6. The Hall–Kier alpha value is -6.46. The molecular formula is C43H27N3O2. The highest BCUT2D eigenvalue weighted by atomic mass is 16.3. The van der Waals surface area contributed by atoms with E-state index in [-0.39, 0.29) is 0 Å². The molecule has 1 aliphatic rings. The number of hydrogen-bond donors (Lipinski definition) is 1. The fraction of sp³-hybridized carbons (Fsp3) is 0.0233. The summed E-state index contributed by atoms with van der Waals surface area (Å²) in [5.41, 5.74) is 8.62. The van der Waals surface area contributed by atoms with E-state index >= 15 is 0 Å². The lowest BCUT2D eigenvalue weighted by Gasteiger charge is -2.23. The summed E-state index contributed by atoms with van der Waals surface area (Å²) >= 11 is 0. The quantitative estimate of drug-likeness (QED) is 0.214. The zero-order valence-corrected chi connectivity index (χ0v) is 25.7. The van der Waals surface area contributed by atoms with Crippen LogP contribution >= 0.6 is 0 Å². The molecule has 0 saturated carbocycles. The van der Waals surface area contributed by atoms with Gasteiger partial charge in [0.1, 0.15) is 34.0 Å². The van der Waals surface area contributed by atoms with Gasteiger partial charge in [-0.15, -0.1) is 0 Å². The van der Waals surface area contributed by atoms with Crippen molar-refractivity contribution < 1.29 is 8.83 Å². The number of fused-ring (bicyclic) bond motifs is 8. The molecule has 0 spiro atoms. The van der Waals surface area contributed by atoms with Crippen LogP contribution in [0.5, 0.6) is 0 Å². The number of rotatable bonds is 4. The van der Waals surface area contributed by atoms with Crippen molar-refractivity contribution in [1.82, 2.24) is 5.32 Å². The fourth-order valence-corrected chi connectivity index (χ4v) is 7.09. The van der Waals surface area contributed by atoms with Gasteiger partial charge in [0.15, 0.2) is 6.17 Å². The van der Waals surface area contributed by atoms with Crippen molar-refractivity contribution in [2.45, 2.75) is 6.17 Å². The molecule has 48 heavy (non-hydrogen) atoms. The molecule has 1 N–H and O–H groups in total. The molecule has 0 fully saturated rings. The molecule has 10 rings (SSSR count). The first-order chi connectivity index (χ1) is 23.8. The molecule has 0 radical (unpaired) electrons. The molecule has 9 aromatic rings. The Morgan fingerprint density at radius 2 is 1.10 bits per heavy atom. The highest BCUT2D eigenvalue weighted by molar-refractivity contribution is 6.25. The van der Waals surface area contributed by atoms with Gasteiger partial charge >= 0.3 is 0 Å². The third-order valence-corrected chi connectivity index (χ3v) is 9.36. The number of amidine groups is 2. The van der Waals surface area contributed by atoms with Crippen LogP contribution in [0.1, 0.15) is 22.9 Å². The van der Waals surface area contributed by atoms with Gasteiger partial charge in [0.05, 0.1) is 0 Å². The van der Waals surface area contributed by atoms with Crippen molar-refractivity contribution in [3.63, 3.8) is 0 Å². The minimum Gasteiger partial charge on any atom is -0.456 e. The molecule has 0 bridgehead atoms. The van der Waals surface area contributed by atoms with Gasteiger partial charge < -0.3 is 14.2 Å². The van der Waals surface area contributed by atoms with Gasteiger partial charge in [-0.3, -0.25) is 0 Å². The Labute approximate surface area is 275 Å². The van der Waals surface area contributed by atoms with E-state index in [0.717, 1.165) is 88.6 Å². The normalized spacial score (nSPS) is 14.9. The summed E-state index contributed by atoms with van der Waals surface area (Å²) < 4.78 is 12.8. The second-order valence-electron chi connectivity index (χ2n) is 12.2. The van der Waals surface area contributed by atoms with Crippen LogP contribution in [-0.2, 0) is 0 Å². The number of aliphatic imine (C=N–C) groups is 2. The second kappa shape index (κ2) is 10.5. The molecule has 226 valence electrons. The van der Waals surface area contributed by atoms with Crippen molar-refractivity contribution in [3.8, 4) is 11.1 Å². The van der Waals surface area contributed by atoms with Crippen LogP contribution in [0, 0.1) is 0 Å². The van der Waals surface area contributed by atoms with Crippen LogP contribution in [0.3, 0.4) is 0 Å². The van der Waals surface area contributed by atoms with E-state index in [2.05, 4.69) is 108 Å². The van der Waals surface area contributed by atoms with E-state index < -0.39 is 6.17 Å². The Balaban J connectivity index is 1.18. The Kier molecular flexibility index (Phi) is 5.87. The predicted molar refractivity (Wildman–Crippen MR) is 196 cm³/mol. The Morgan fingerprint density at radius 1 is 0.438 bits per heavy atom. The molecule has 5 heteroatoms. The van der Waals surface area contributed by atoms with Gasteiger partial charge in [0.2, 0.25) is 0 Å². The highest BCUT2D eigenvalue weighted by Gasteiger charge is 2.26. The summed E-state index contributed by atoms with van der Waals surface area (Å²) in [6.45, 7) is 0. The van der Waals surface area contributed by atoms with E-state index in [1.807, 2.05) is 48.5 Å². The van der Waals surface area contributed by atoms with Crippen LogP contribution in [0.4, 0.5) is 0 Å². The Bertz CT molecular complexity index is 2750. The van der Waals surface area contributed by atoms with Gasteiger partial charge in [0, 0.05) is 43.6 Å². The third-order valence-electron chi connectivity index (χ3n) is 9.36. The van der Waals surface area contributed by atoms with E-state index in [4.69, 9.17) is 18.8 Å². The van der Waals surface area contributed by atoms with Crippen LogP contribution in [-0.4, -0.2) is 11.7 Å². The van der Waals surface area contributed by atoms with E-state index in [9.17, 15) is 0 Å². The van der Waals surface area contributed by atoms with E-state index in [1.54, 1.807) is 0 Å². The third kappa shape index (κ3) is 4.18. The van der Waals surface area contributed by atoms with Crippen molar-refractivity contribution in [2.75, 3.05) is 0 Å². The van der Waals surface area contributed by atoms with Gasteiger partial charge in [-0.1, -0.05) is 127 Å². The first-order valence-electron chi connectivity index (χ1n) is 16.1. The number of benzene rings is 7. The zero-order chi connectivity index (χ0) is 31.6. The minimum absolute atomic E-state index is 0.510. The summed E-state index contributed by atoms with van der Waals surface area (Å²) in [5.74, 6) is 1.49. The smallest absolute Gasteiger partial charge is 0.170 e. The summed E-state index contributed by atoms with van der Waals surface area (Å²) in [5, 5.41) is 10.0. The lowest BCUT2D eigenvalue weighted by Crippen LogP contribution is -2.36. The van der Waals surface area contributed by atoms with Gasteiger partial charge in [-0.25, -0.2) is 9.98 Å². The van der Waals surface area contributed by atoms with Crippen molar-refractivity contribution >= 4 is 66.3 Å². The molecule has 3 heterocycles. The number of furan rings is 2.